The molecule has 0 aliphatic heterocycles. The fraction of sp³-hybridized carbons (Fsp3) is 0.0588. The van der Waals surface area contributed by atoms with Crippen molar-refractivity contribution in [3.63, 3.8) is 0 Å². The van der Waals surface area contributed by atoms with Gasteiger partial charge in [0, 0.05) is 18.0 Å². The number of pyridine rings is 4. The van der Waals surface area contributed by atoms with Gasteiger partial charge >= 0.3 is 11.9 Å². The maximum Gasteiger partial charge on any atom is 0.338 e. The summed E-state index contributed by atoms with van der Waals surface area (Å²) in [5.74, 6) is -0.668. The Morgan fingerprint density at radius 3 is 1.30 bits per heavy atom. The zero-order chi connectivity index (χ0) is 30.5. The average Bonchev–Trinajstić information content (AvgIpc) is 3.11. The van der Waals surface area contributed by atoms with Gasteiger partial charge in [0.2, 0.25) is 0 Å². The van der Waals surface area contributed by atoms with E-state index in [1.165, 1.54) is 14.2 Å². The lowest BCUT2D eigenvalue weighted by Crippen LogP contribution is -2.06. The van der Waals surface area contributed by atoms with Gasteiger partial charge in [-0.2, -0.15) is 0 Å². The highest BCUT2D eigenvalue weighted by Gasteiger charge is 2.19. The molecule has 214 valence electrons. The van der Waals surface area contributed by atoms with Crippen LogP contribution in [0.3, 0.4) is 0 Å². The Hall–Kier alpha value is -6.16. The van der Waals surface area contributed by atoms with Crippen LogP contribution in [-0.2, 0) is 9.47 Å². The summed E-state index contributed by atoms with van der Waals surface area (Å²) < 4.78 is 10.1. The Bertz CT molecular complexity index is 1850. The van der Waals surface area contributed by atoms with Crippen LogP contribution in [0.15, 0.2) is 109 Å². The minimum Gasteiger partial charge on any atom is -0.465 e. The number of carbonyl (C=O) groups is 2. The molecule has 0 aliphatic rings. The molecule has 44 heavy (non-hydrogen) atoms. The van der Waals surface area contributed by atoms with Gasteiger partial charge in [-0.1, -0.05) is 42.5 Å². The van der Waals surface area contributed by atoms with E-state index in [0.717, 1.165) is 5.56 Å². The topological polar surface area (TPSA) is 130 Å². The molecule has 1 aromatic carbocycles. The van der Waals surface area contributed by atoms with Crippen LogP contribution in [-0.4, -0.2) is 56.1 Å². The van der Waals surface area contributed by atoms with Crippen LogP contribution in [0, 0.1) is 0 Å². The number of hydrogen-bond acceptors (Lipinski definition) is 10. The molecule has 0 fully saturated rings. The standard InChI is InChI=1S/C34H24N6O4/c1-43-33(41)22-16-26(24-12-6-8-14-35-24)37-28(18-22)30-20-31(40-32(39-30)21-10-4-3-5-11-21)29-19-23(34(42)44-2)17-27(38-29)25-13-7-9-15-36-25/h3-20H,1-2H3. The monoisotopic (exact) mass is 580 g/mol. The zero-order valence-electron chi connectivity index (χ0n) is 23.7. The van der Waals surface area contributed by atoms with Crippen molar-refractivity contribution < 1.29 is 19.1 Å². The van der Waals surface area contributed by atoms with E-state index in [-0.39, 0.29) is 11.1 Å². The summed E-state index contributed by atoms with van der Waals surface area (Å²) in [6.07, 6.45) is 3.30. The van der Waals surface area contributed by atoms with E-state index < -0.39 is 11.9 Å². The lowest BCUT2D eigenvalue weighted by Gasteiger charge is -2.12. The third-order valence-corrected chi connectivity index (χ3v) is 6.63. The van der Waals surface area contributed by atoms with E-state index >= 15 is 0 Å². The van der Waals surface area contributed by atoms with Gasteiger partial charge in [0.1, 0.15) is 0 Å². The largest absolute Gasteiger partial charge is 0.465 e. The van der Waals surface area contributed by atoms with Crippen LogP contribution in [0.5, 0.6) is 0 Å². The molecular weight excluding hydrogens is 556 g/mol. The predicted molar refractivity (Wildman–Crippen MR) is 163 cm³/mol. The van der Waals surface area contributed by atoms with Crippen LogP contribution in [0.1, 0.15) is 20.7 Å². The van der Waals surface area contributed by atoms with E-state index in [1.807, 2.05) is 42.5 Å². The van der Waals surface area contributed by atoms with Crippen LogP contribution < -0.4 is 0 Å². The number of hydrogen-bond donors (Lipinski definition) is 0. The summed E-state index contributed by atoms with van der Waals surface area (Å²) in [5.41, 5.74) is 5.01. The maximum atomic E-state index is 12.7. The molecular formula is C34H24N6O4. The Balaban J connectivity index is 1.59. The maximum absolute atomic E-state index is 12.7. The second-order valence-electron chi connectivity index (χ2n) is 9.49. The van der Waals surface area contributed by atoms with Gasteiger partial charge in [0.25, 0.3) is 0 Å². The first-order valence-corrected chi connectivity index (χ1v) is 13.5. The van der Waals surface area contributed by atoms with Crippen molar-refractivity contribution in [2.45, 2.75) is 0 Å². The molecule has 5 heterocycles. The minimum atomic E-state index is -0.532. The Kier molecular flexibility index (Phi) is 7.87. The molecule has 0 atom stereocenters. The quantitative estimate of drug-likeness (QED) is 0.208. The molecule has 10 nitrogen and oxygen atoms in total. The van der Waals surface area contributed by atoms with E-state index in [2.05, 4.69) is 9.97 Å². The predicted octanol–water partition coefficient (Wildman–Crippen LogP) is 5.96. The van der Waals surface area contributed by atoms with E-state index in [9.17, 15) is 9.59 Å². The second kappa shape index (κ2) is 12.4. The lowest BCUT2D eigenvalue weighted by molar-refractivity contribution is 0.0592. The summed E-state index contributed by atoms with van der Waals surface area (Å²) in [6, 6.07) is 28.5. The summed E-state index contributed by atoms with van der Waals surface area (Å²) >= 11 is 0. The molecule has 0 amide bonds. The highest BCUT2D eigenvalue weighted by atomic mass is 16.5. The highest BCUT2D eigenvalue weighted by molar-refractivity contribution is 5.93. The van der Waals surface area contributed by atoms with Crippen LogP contribution in [0.25, 0.3) is 56.9 Å². The number of esters is 2. The summed E-state index contributed by atoms with van der Waals surface area (Å²) in [4.78, 5) is 53.5. The number of aromatic nitrogens is 6. The molecule has 5 aromatic heterocycles. The molecule has 0 bridgehead atoms. The fourth-order valence-electron chi connectivity index (χ4n) is 4.51. The van der Waals surface area contributed by atoms with Crippen molar-refractivity contribution in [3.05, 3.63) is 121 Å². The summed E-state index contributed by atoms with van der Waals surface area (Å²) in [5, 5.41) is 0. The number of nitrogens with zero attached hydrogens (tertiary/aromatic N) is 6. The van der Waals surface area contributed by atoms with Crippen LogP contribution >= 0.6 is 0 Å². The van der Waals surface area contributed by atoms with Crippen molar-refractivity contribution in [3.8, 4) is 56.9 Å². The first kappa shape index (κ1) is 28.0. The molecule has 0 spiro atoms. The fourth-order valence-corrected chi connectivity index (χ4v) is 4.51. The van der Waals surface area contributed by atoms with Crippen molar-refractivity contribution in [1.29, 1.82) is 0 Å². The van der Waals surface area contributed by atoms with Gasteiger partial charge in [-0.3, -0.25) is 9.97 Å². The molecule has 0 aliphatic carbocycles. The van der Waals surface area contributed by atoms with Gasteiger partial charge < -0.3 is 9.47 Å². The number of rotatable bonds is 7. The summed E-state index contributed by atoms with van der Waals surface area (Å²) in [7, 11) is 2.64. The van der Waals surface area contributed by atoms with Crippen LogP contribution in [0.2, 0.25) is 0 Å². The van der Waals surface area contributed by atoms with Gasteiger partial charge in [-0.05, 0) is 54.6 Å². The average molecular weight is 581 g/mol. The summed E-state index contributed by atoms with van der Waals surface area (Å²) in [6.45, 7) is 0. The Morgan fingerprint density at radius 2 is 0.886 bits per heavy atom. The first-order chi connectivity index (χ1) is 21.5. The number of ether oxygens (including phenoxy) is 2. The van der Waals surface area contributed by atoms with Crippen molar-refractivity contribution in [2.24, 2.45) is 0 Å². The number of methoxy groups -OCH3 is 2. The normalized spacial score (nSPS) is 10.7. The highest BCUT2D eigenvalue weighted by Crippen LogP contribution is 2.30. The minimum absolute atomic E-state index is 0.280. The second-order valence-corrected chi connectivity index (χ2v) is 9.49. The third kappa shape index (κ3) is 5.90. The van der Waals surface area contributed by atoms with Gasteiger partial charge in [0.05, 0.1) is 70.9 Å². The van der Waals surface area contributed by atoms with E-state index in [4.69, 9.17) is 29.4 Å². The molecule has 0 saturated carbocycles. The third-order valence-electron chi connectivity index (χ3n) is 6.63. The van der Waals surface area contributed by atoms with Crippen molar-refractivity contribution >= 4 is 11.9 Å². The van der Waals surface area contributed by atoms with Gasteiger partial charge in [-0.15, -0.1) is 0 Å². The van der Waals surface area contributed by atoms with Gasteiger partial charge in [0.15, 0.2) is 5.82 Å². The number of carbonyl (C=O) groups excluding carboxylic acids is 2. The molecule has 6 rings (SSSR count). The molecule has 0 radical (unpaired) electrons. The van der Waals surface area contributed by atoms with E-state index in [1.54, 1.807) is 67.0 Å². The van der Waals surface area contributed by atoms with Crippen molar-refractivity contribution in [2.75, 3.05) is 14.2 Å². The first-order valence-electron chi connectivity index (χ1n) is 13.5. The Morgan fingerprint density at radius 1 is 0.477 bits per heavy atom. The van der Waals surface area contributed by atoms with Gasteiger partial charge in [-0.25, -0.2) is 29.5 Å². The Labute approximate surface area is 252 Å². The van der Waals surface area contributed by atoms with E-state index in [0.29, 0.717) is 51.4 Å². The van der Waals surface area contributed by atoms with Crippen molar-refractivity contribution in [1.82, 2.24) is 29.9 Å². The SMILES string of the molecule is COC(=O)c1cc(-c2ccccn2)nc(-c2cc(-c3cc(C(=O)OC)cc(-c4ccccn4)n3)nc(-c3ccccc3)n2)c1. The molecule has 0 unspecified atom stereocenters. The molecule has 0 N–H and O–H groups in total. The smallest absolute Gasteiger partial charge is 0.338 e. The molecule has 0 saturated heterocycles. The zero-order valence-corrected chi connectivity index (χ0v) is 23.7. The lowest BCUT2D eigenvalue weighted by atomic mass is 10.1. The molecule has 10 heteroatoms. The number of benzene rings is 1. The van der Waals surface area contributed by atoms with Crippen LogP contribution in [0.4, 0.5) is 0 Å². The molecule has 6 aromatic rings.